The lowest BCUT2D eigenvalue weighted by molar-refractivity contribution is 0.494. The molecule has 0 aliphatic carbocycles. The summed E-state index contributed by atoms with van der Waals surface area (Å²) in [6.45, 7) is 3.76. The molecule has 2 aromatic rings. The Balaban J connectivity index is 2.29. The van der Waals surface area contributed by atoms with Gasteiger partial charge < -0.3 is 10.2 Å². The Labute approximate surface area is 116 Å². The van der Waals surface area contributed by atoms with Crippen molar-refractivity contribution in [1.82, 2.24) is 4.72 Å². The topological polar surface area (TPSA) is 85.3 Å². The zero-order valence-electron chi connectivity index (χ0n) is 10.8. The van der Waals surface area contributed by atoms with E-state index in [9.17, 15) is 8.42 Å². The molecule has 19 heavy (non-hydrogen) atoms. The van der Waals surface area contributed by atoms with Gasteiger partial charge in [-0.1, -0.05) is 6.07 Å². The van der Waals surface area contributed by atoms with E-state index in [0.717, 1.165) is 4.88 Å². The van der Waals surface area contributed by atoms with E-state index >= 15 is 0 Å². The molecule has 0 aliphatic rings. The number of nitrogens with one attached hydrogen (secondary N) is 1. The summed E-state index contributed by atoms with van der Waals surface area (Å²) in [5.74, 6) is 0.924. The van der Waals surface area contributed by atoms with Crippen molar-refractivity contribution in [3.63, 3.8) is 0 Å². The summed E-state index contributed by atoms with van der Waals surface area (Å²) in [4.78, 5) is 1.12. The molecule has 0 bridgehead atoms. The third-order valence-corrected chi connectivity index (χ3v) is 5.29. The van der Waals surface area contributed by atoms with Gasteiger partial charge in [0.1, 0.15) is 16.4 Å². The predicted octanol–water partition coefficient (Wildman–Crippen LogP) is 1.90. The molecule has 0 saturated heterocycles. The average molecular weight is 300 g/mol. The average Bonchev–Trinajstić information content (AvgIpc) is 2.94. The van der Waals surface area contributed by atoms with Crippen LogP contribution in [0.1, 0.15) is 22.0 Å². The summed E-state index contributed by atoms with van der Waals surface area (Å²) < 4.78 is 32.6. The number of hydrogen-bond donors (Lipinski definition) is 2. The Morgan fingerprint density at radius 1 is 1.37 bits per heavy atom. The Morgan fingerprint density at radius 2 is 2.11 bits per heavy atom. The molecular formula is C12H16N2O3S2. The number of aryl methyl sites for hydroxylation is 2. The first-order valence-corrected chi connectivity index (χ1v) is 8.13. The molecule has 2 heterocycles. The van der Waals surface area contributed by atoms with Crippen molar-refractivity contribution >= 4 is 21.4 Å². The van der Waals surface area contributed by atoms with Crippen LogP contribution in [-0.2, 0) is 23.1 Å². The van der Waals surface area contributed by atoms with Gasteiger partial charge in [-0.3, -0.25) is 0 Å². The normalized spacial score (nSPS) is 11.9. The van der Waals surface area contributed by atoms with Crippen LogP contribution in [-0.4, -0.2) is 8.42 Å². The third-order valence-electron chi connectivity index (χ3n) is 2.81. The van der Waals surface area contributed by atoms with Crippen molar-refractivity contribution in [3.05, 3.63) is 39.5 Å². The third kappa shape index (κ3) is 2.89. The molecule has 7 heteroatoms. The fourth-order valence-corrected chi connectivity index (χ4v) is 4.15. The van der Waals surface area contributed by atoms with Crippen LogP contribution in [0.3, 0.4) is 0 Å². The second kappa shape index (κ2) is 5.46. The van der Waals surface area contributed by atoms with E-state index in [4.69, 9.17) is 10.2 Å². The number of hydrogen-bond acceptors (Lipinski definition) is 5. The Morgan fingerprint density at radius 3 is 2.68 bits per heavy atom. The van der Waals surface area contributed by atoms with E-state index < -0.39 is 10.0 Å². The molecule has 0 atom stereocenters. The van der Waals surface area contributed by atoms with E-state index in [-0.39, 0.29) is 18.0 Å². The van der Waals surface area contributed by atoms with Crippen LogP contribution in [0.5, 0.6) is 0 Å². The van der Waals surface area contributed by atoms with Crippen LogP contribution in [0.4, 0.5) is 0 Å². The van der Waals surface area contributed by atoms with E-state index in [1.165, 1.54) is 11.3 Å². The smallest absolute Gasteiger partial charge is 0.244 e. The Hall–Kier alpha value is -1.15. The molecule has 2 aromatic heterocycles. The van der Waals surface area contributed by atoms with E-state index in [2.05, 4.69) is 4.72 Å². The lowest BCUT2D eigenvalue weighted by Crippen LogP contribution is -2.24. The van der Waals surface area contributed by atoms with Gasteiger partial charge >= 0.3 is 0 Å². The van der Waals surface area contributed by atoms with Gasteiger partial charge in [0.15, 0.2) is 0 Å². The van der Waals surface area contributed by atoms with Gasteiger partial charge in [-0.2, -0.15) is 0 Å². The van der Waals surface area contributed by atoms with Crippen molar-refractivity contribution in [2.75, 3.05) is 0 Å². The summed E-state index contributed by atoms with van der Waals surface area (Å²) in [5, 5.41) is 1.90. The summed E-state index contributed by atoms with van der Waals surface area (Å²) in [5.41, 5.74) is 6.14. The van der Waals surface area contributed by atoms with E-state index in [1.807, 2.05) is 17.5 Å². The maximum Gasteiger partial charge on any atom is 0.244 e. The number of furan rings is 1. The predicted molar refractivity (Wildman–Crippen MR) is 74.4 cm³/mol. The van der Waals surface area contributed by atoms with Crippen LogP contribution in [0, 0.1) is 13.8 Å². The van der Waals surface area contributed by atoms with Crippen molar-refractivity contribution in [3.8, 4) is 0 Å². The molecular weight excluding hydrogens is 284 g/mol. The molecule has 0 unspecified atom stereocenters. The molecule has 0 radical (unpaired) electrons. The van der Waals surface area contributed by atoms with Gasteiger partial charge in [-0.05, 0) is 25.3 Å². The summed E-state index contributed by atoms with van der Waals surface area (Å²) >= 11 is 1.50. The minimum atomic E-state index is -3.61. The van der Waals surface area contributed by atoms with Gasteiger partial charge in [-0.15, -0.1) is 11.3 Å². The van der Waals surface area contributed by atoms with Gasteiger partial charge in [0.05, 0.1) is 0 Å². The molecule has 0 amide bonds. The van der Waals surface area contributed by atoms with Crippen molar-refractivity contribution < 1.29 is 12.8 Å². The summed E-state index contributed by atoms with van der Waals surface area (Å²) in [7, 11) is -3.61. The Bertz CT molecular complexity index is 657. The molecule has 2 rings (SSSR count). The highest BCUT2D eigenvalue weighted by atomic mass is 32.2. The van der Waals surface area contributed by atoms with Gasteiger partial charge in [0.2, 0.25) is 10.0 Å². The highest BCUT2D eigenvalue weighted by Gasteiger charge is 2.25. The molecule has 0 aromatic carbocycles. The molecule has 3 N–H and O–H groups in total. The number of rotatable bonds is 5. The first-order valence-electron chi connectivity index (χ1n) is 5.76. The van der Waals surface area contributed by atoms with E-state index in [0.29, 0.717) is 17.1 Å². The van der Waals surface area contributed by atoms with Crippen LogP contribution < -0.4 is 10.5 Å². The second-order valence-corrected chi connectivity index (χ2v) is 6.87. The van der Waals surface area contributed by atoms with Crippen LogP contribution in [0.2, 0.25) is 0 Å². The van der Waals surface area contributed by atoms with Crippen LogP contribution >= 0.6 is 11.3 Å². The maximum absolute atomic E-state index is 12.3. The van der Waals surface area contributed by atoms with Crippen molar-refractivity contribution in [2.24, 2.45) is 5.73 Å². The lowest BCUT2D eigenvalue weighted by atomic mass is 10.2. The first kappa shape index (κ1) is 14.3. The van der Waals surface area contributed by atoms with Crippen molar-refractivity contribution in [2.45, 2.75) is 31.8 Å². The maximum atomic E-state index is 12.3. The van der Waals surface area contributed by atoms with Crippen LogP contribution in [0.25, 0.3) is 0 Å². The molecule has 5 nitrogen and oxygen atoms in total. The zero-order valence-corrected chi connectivity index (χ0v) is 12.4. The molecule has 0 spiro atoms. The van der Waals surface area contributed by atoms with E-state index in [1.54, 1.807) is 13.8 Å². The fraction of sp³-hybridized carbons (Fsp3) is 0.333. The number of nitrogens with two attached hydrogens (primary N) is 1. The number of sulfonamides is 1. The largest absolute Gasteiger partial charge is 0.465 e. The minimum Gasteiger partial charge on any atom is -0.465 e. The standard InChI is InChI=1S/C12H16N2O3S2/c1-8-11(6-13)12(9(2)17-8)19(15,16)14-7-10-4-3-5-18-10/h3-5,14H,6-7,13H2,1-2H3. The Kier molecular flexibility index (Phi) is 4.10. The fourth-order valence-electron chi connectivity index (χ4n) is 1.95. The second-order valence-electron chi connectivity index (χ2n) is 4.13. The zero-order chi connectivity index (χ0) is 14.0. The molecule has 0 saturated carbocycles. The molecule has 0 fully saturated rings. The lowest BCUT2D eigenvalue weighted by Gasteiger charge is -2.06. The highest BCUT2D eigenvalue weighted by Crippen LogP contribution is 2.26. The quantitative estimate of drug-likeness (QED) is 0.883. The first-order chi connectivity index (χ1) is 8.95. The molecule has 104 valence electrons. The van der Waals surface area contributed by atoms with Gasteiger partial charge in [0.25, 0.3) is 0 Å². The summed E-state index contributed by atoms with van der Waals surface area (Å²) in [6.07, 6.45) is 0. The van der Waals surface area contributed by atoms with Gasteiger partial charge in [-0.25, -0.2) is 13.1 Å². The van der Waals surface area contributed by atoms with Crippen LogP contribution in [0.15, 0.2) is 26.8 Å². The van der Waals surface area contributed by atoms with Gasteiger partial charge in [0, 0.05) is 23.5 Å². The molecule has 0 aliphatic heterocycles. The summed E-state index contributed by atoms with van der Waals surface area (Å²) in [6, 6.07) is 3.76. The minimum absolute atomic E-state index is 0.137. The highest BCUT2D eigenvalue weighted by molar-refractivity contribution is 7.89. The van der Waals surface area contributed by atoms with Crippen molar-refractivity contribution in [1.29, 1.82) is 0 Å². The SMILES string of the molecule is Cc1oc(C)c(S(=O)(=O)NCc2cccs2)c1CN. The number of thiophene rings is 1. The monoisotopic (exact) mass is 300 g/mol.